The van der Waals surface area contributed by atoms with Crippen molar-refractivity contribution in [2.45, 2.75) is 13.8 Å². The molecule has 1 unspecified atom stereocenters. The Morgan fingerprint density at radius 1 is 1.37 bits per heavy atom. The van der Waals surface area contributed by atoms with Gasteiger partial charge < -0.3 is 0 Å². The molecule has 1 N–H and O–H groups in total. The first-order valence-corrected chi connectivity index (χ1v) is 6.16. The number of hydrazone groups is 1. The van der Waals surface area contributed by atoms with E-state index in [1.165, 1.54) is 0 Å². The minimum Gasteiger partial charge on any atom is -0.268 e. The number of hydrogen-bond acceptors (Lipinski definition) is 3. The van der Waals surface area contributed by atoms with Crippen LogP contribution >= 0.6 is 0 Å². The van der Waals surface area contributed by atoms with E-state index in [2.05, 4.69) is 15.5 Å². The fourth-order valence-corrected chi connectivity index (χ4v) is 1.76. The van der Waals surface area contributed by atoms with E-state index < -0.39 is 0 Å². The molecular formula is C15H16N3O. The summed E-state index contributed by atoms with van der Waals surface area (Å²) < 4.78 is 0. The SMILES string of the molecule is C/C(=N\NC(=O)C1=CC=C[CH]C1C)c1ccccn1. The van der Waals surface area contributed by atoms with Gasteiger partial charge in [-0.15, -0.1) is 0 Å². The van der Waals surface area contributed by atoms with Crippen molar-refractivity contribution >= 4 is 11.6 Å². The van der Waals surface area contributed by atoms with Crippen LogP contribution in [0, 0.1) is 12.3 Å². The molecule has 1 radical (unpaired) electrons. The molecule has 1 atom stereocenters. The number of carbonyl (C=O) groups is 1. The molecule has 97 valence electrons. The van der Waals surface area contributed by atoms with Crippen LogP contribution in [-0.2, 0) is 4.79 Å². The summed E-state index contributed by atoms with van der Waals surface area (Å²) in [5.41, 5.74) is 4.70. The second-order valence-corrected chi connectivity index (χ2v) is 4.34. The van der Waals surface area contributed by atoms with E-state index in [1.54, 1.807) is 6.20 Å². The molecule has 2 rings (SSSR count). The molecule has 1 aliphatic rings. The molecule has 1 heterocycles. The second kappa shape index (κ2) is 6.09. The molecular weight excluding hydrogens is 238 g/mol. The zero-order chi connectivity index (χ0) is 13.7. The van der Waals surface area contributed by atoms with Crippen molar-refractivity contribution in [3.05, 3.63) is 60.3 Å². The zero-order valence-electron chi connectivity index (χ0n) is 11.0. The molecule has 0 saturated heterocycles. The second-order valence-electron chi connectivity index (χ2n) is 4.34. The molecule has 1 amide bonds. The van der Waals surface area contributed by atoms with Gasteiger partial charge in [-0.25, -0.2) is 5.43 Å². The third-order valence-electron chi connectivity index (χ3n) is 2.90. The van der Waals surface area contributed by atoms with Crippen LogP contribution in [0.1, 0.15) is 19.5 Å². The maximum Gasteiger partial charge on any atom is 0.267 e. The summed E-state index contributed by atoms with van der Waals surface area (Å²) in [5.74, 6) is -0.0706. The van der Waals surface area contributed by atoms with Gasteiger partial charge >= 0.3 is 0 Å². The average molecular weight is 254 g/mol. The van der Waals surface area contributed by atoms with Crippen LogP contribution in [0.3, 0.4) is 0 Å². The van der Waals surface area contributed by atoms with Gasteiger partial charge in [-0.05, 0) is 31.4 Å². The molecule has 19 heavy (non-hydrogen) atoms. The zero-order valence-corrected chi connectivity index (χ0v) is 11.0. The van der Waals surface area contributed by atoms with Crippen molar-refractivity contribution in [3.63, 3.8) is 0 Å². The Bertz CT molecular complexity index is 544. The minimum atomic E-state index is -0.177. The van der Waals surface area contributed by atoms with E-state index in [0.717, 1.165) is 5.69 Å². The predicted octanol–water partition coefficient (Wildman–Crippen LogP) is 2.26. The fourth-order valence-electron chi connectivity index (χ4n) is 1.76. The Kier molecular flexibility index (Phi) is 4.23. The Morgan fingerprint density at radius 3 is 2.89 bits per heavy atom. The van der Waals surface area contributed by atoms with Gasteiger partial charge in [0.15, 0.2) is 0 Å². The summed E-state index contributed by atoms with van der Waals surface area (Å²) in [6.07, 6.45) is 9.27. The van der Waals surface area contributed by atoms with Crippen molar-refractivity contribution < 1.29 is 4.79 Å². The highest BCUT2D eigenvalue weighted by Crippen LogP contribution is 2.18. The first-order chi connectivity index (χ1) is 9.18. The van der Waals surface area contributed by atoms with Crippen LogP contribution in [0.4, 0.5) is 0 Å². The minimum absolute atomic E-state index is 0.107. The van der Waals surface area contributed by atoms with Crippen molar-refractivity contribution in [1.29, 1.82) is 0 Å². The lowest BCUT2D eigenvalue weighted by Gasteiger charge is -2.14. The predicted molar refractivity (Wildman–Crippen MR) is 75.3 cm³/mol. The smallest absolute Gasteiger partial charge is 0.267 e. The summed E-state index contributed by atoms with van der Waals surface area (Å²) in [4.78, 5) is 16.2. The first kappa shape index (κ1) is 13.2. The molecule has 0 bridgehead atoms. The Morgan fingerprint density at radius 2 is 2.21 bits per heavy atom. The molecule has 0 aromatic carbocycles. The summed E-state index contributed by atoms with van der Waals surface area (Å²) in [6.45, 7) is 3.79. The number of allylic oxidation sites excluding steroid dienone is 3. The number of nitrogens with one attached hydrogen (secondary N) is 1. The highest BCUT2D eigenvalue weighted by molar-refractivity contribution is 5.99. The standard InChI is InChI=1S/C15H16N3O/c1-11-7-3-4-8-13(11)15(19)18-17-12(2)14-9-5-6-10-16-14/h3-11H,1-2H3,(H,18,19)/b17-12+. The maximum atomic E-state index is 12.0. The fraction of sp³-hybridized carbons (Fsp3) is 0.200. The Labute approximate surface area is 112 Å². The monoisotopic (exact) mass is 254 g/mol. The highest BCUT2D eigenvalue weighted by atomic mass is 16.2. The summed E-state index contributed by atoms with van der Waals surface area (Å²) in [7, 11) is 0. The number of rotatable bonds is 3. The van der Waals surface area contributed by atoms with Crippen LogP contribution in [0.2, 0.25) is 0 Å². The lowest BCUT2D eigenvalue weighted by molar-refractivity contribution is -0.117. The van der Waals surface area contributed by atoms with E-state index in [4.69, 9.17) is 0 Å². The molecule has 4 heteroatoms. The normalized spacial score (nSPS) is 18.9. The molecule has 0 aliphatic heterocycles. The van der Waals surface area contributed by atoms with Gasteiger partial charge in [0.2, 0.25) is 0 Å². The number of amides is 1. The van der Waals surface area contributed by atoms with Crippen LogP contribution in [-0.4, -0.2) is 16.6 Å². The first-order valence-electron chi connectivity index (χ1n) is 6.16. The van der Waals surface area contributed by atoms with Crippen molar-refractivity contribution in [1.82, 2.24) is 10.4 Å². The van der Waals surface area contributed by atoms with E-state index in [9.17, 15) is 4.79 Å². The molecule has 0 spiro atoms. The Balaban J connectivity index is 2.04. The van der Waals surface area contributed by atoms with Gasteiger partial charge in [0, 0.05) is 11.8 Å². The van der Waals surface area contributed by atoms with Gasteiger partial charge in [-0.2, -0.15) is 5.10 Å². The Hall–Kier alpha value is -2.23. The van der Waals surface area contributed by atoms with Crippen molar-refractivity contribution in [2.24, 2.45) is 11.0 Å². The number of pyridine rings is 1. The third-order valence-corrected chi connectivity index (χ3v) is 2.90. The number of carbonyl (C=O) groups excluding carboxylic acids is 1. The number of hydrogen-bond donors (Lipinski definition) is 1. The molecule has 1 aromatic rings. The molecule has 1 aromatic heterocycles. The summed E-state index contributed by atoms with van der Waals surface area (Å²) in [5, 5.41) is 4.08. The average Bonchev–Trinajstić information content (AvgIpc) is 2.46. The lowest BCUT2D eigenvalue weighted by Crippen LogP contribution is -2.25. The van der Waals surface area contributed by atoms with Crippen molar-refractivity contribution in [3.8, 4) is 0 Å². The van der Waals surface area contributed by atoms with E-state index in [0.29, 0.717) is 11.3 Å². The van der Waals surface area contributed by atoms with Crippen LogP contribution in [0.5, 0.6) is 0 Å². The van der Waals surface area contributed by atoms with Gasteiger partial charge in [0.05, 0.1) is 11.4 Å². The van der Waals surface area contributed by atoms with Gasteiger partial charge in [0.25, 0.3) is 5.91 Å². The maximum absolute atomic E-state index is 12.0. The topological polar surface area (TPSA) is 54.4 Å². The van der Waals surface area contributed by atoms with Gasteiger partial charge in [0.1, 0.15) is 0 Å². The van der Waals surface area contributed by atoms with Crippen LogP contribution < -0.4 is 5.43 Å². The quantitative estimate of drug-likeness (QED) is 0.664. The van der Waals surface area contributed by atoms with E-state index in [-0.39, 0.29) is 11.8 Å². The molecule has 0 saturated carbocycles. The van der Waals surface area contributed by atoms with Crippen LogP contribution in [0.25, 0.3) is 0 Å². The third kappa shape index (κ3) is 3.37. The van der Waals surface area contributed by atoms with Crippen molar-refractivity contribution in [2.75, 3.05) is 0 Å². The van der Waals surface area contributed by atoms with E-state index >= 15 is 0 Å². The van der Waals surface area contributed by atoms with Crippen LogP contribution in [0.15, 0.2) is 53.3 Å². The number of aromatic nitrogens is 1. The van der Waals surface area contributed by atoms with Gasteiger partial charge in [-0.3, -0.25) is 9.78 Å². The summed E-state index contributed by atoms with van der Waals surface area (Å²) in [6, 6.07) is 5.57. The van der Waals surface area contributed by atoms with Gasteiger partial charge in [-0.1, -0.05) is 31.2 Å². The number of nitrogens with zero attached hydrogens (tertiary/aromatic N) is 2. The summed E-state index contributed by atoms with van der Waals surface area (Å²) >= 11 is 0. The molecule has 0 fully saturated rings. The molecule has 4 nitrogen and oxygen atoms in total. The largest absolute Gasteiger partial charge is 0.268 e. The van der Waals surface area contributed by atoms with E-state index in [1.807, 2.05) is 56.7 Å². The molecule has 1 aliphatic carbocycles. The highest BCUT2D eigenvalue weighted by Gasteiger charge is 2.17. The lowest BCUT2D eigenvalue weighted by atomic mass is 9.93.